The van der Waals surface area contributed by atoms with E-state index in [9.17, 15) is 4.79 Å². The maximum absolute atomic E-state index is 11.3. The number of nitrogens with zero attached hydrogens (tertiary/aromatic N) is 1. The summed E-state index contributed by atoms with van der Waals surface area (Å²) in [5, 5.41) is 3.98. The topological polar surface area (TPSA) is 71.8 Å². The molecule has 0 atom stereocenters. The normalized spacial score (nSPS) is 10.5. The van der Waals surface area contributed by atoms with Gasteiger partial charge in [0, 0.05) is 23.6 Å². The summed E-state index contributed by atoms with van der Waals surface area (Å²) in [5.74, 6) is 0.599. The molecule has 0 spiro atoms. The molecule has 2 aromatic rings. The molecule has 2 rings (SSSR count). The summed E-state index contributed by atoms with van der Waals surface area (Å²) >= 11 is 1.59. The van der Waals surface area contributed by atoms with Gasteiger partial charge in [-0.1, -0.05) is 0 Å². The Kier molecular flexibility index (Phi) is 2.66. The van der Waals surface area contributed by atoms with Gasteiger partial charge in [-0.15, -0.1) is 0 Å². The molecule has 0 saturated heterocycles. The highest BCUT2D eigenvalue weighted by Gasteiger charge is 2.06. The van der Waals surface area contributed by atoms with Gasteiger partial charge < -0.3 is 10.7 Å². The third-order valence-electron chi connectivity index (χ3n) is 2.11. The number of nitrogens with two attached hydrogens (primary N) is 1. The monoisotopic (exact) mass is 221 g/mol. The third-order valence-corrected chi connectivity index (χ3v) is 2.98. The number of thiophene rings is 1. The van der Waals surface area contributed by atoms with Crippen LogP contribution in [-0.2, 0) is 6.54 Å². The summed E-state index contributed by atoms with van der Waals surface area (Å²) in [4.78, 5) is 18.3. The van der Waals surface area contributed by atoms with E-state index >= 15 is 0 Å². The largest absolute Gasteiger partial charge is 0.325 e. The number of H-pyrrole nitrogens is 1. The first-order chi connectivity index (χ1) is 7.20. The fraction of sp³-hybridized carbons (Fsp3) is 0.200. The van der Waals surface area contributed by atoms with E-state index in [4.69, 9.17) is 5.73 Å². The average molecular weight is 221 g/mol. The average Bonchev–Trinajstić information content (AvgIpc) is 2.63. The molecule has 4 nitrogen and oxygen atoms in total. The second-order valence-electron chi connectivity index (χ2n) is 3.26. The Labute approximate surface area is 90.8 Å². The number of hydrogen-bond donors (Lipinski definition) is 2. The zero-order valence-electron chi connectivity index (χ0n) is 8.28. The Morgan fingerprint density at radius 3 is 2.93 bits per heavy atom. The molecule has 2 heterocycles. The SMILES string of the molecule is Cc1cscc1-c1nc(CN)cc(=O)[nH]1. The van der Waals surface area contributed by atoms with Crippen LogP contribution in [0.15, 0.2) is 21.6 Å². The molecule has 0 aromatic carbocycles. The van der Waals surface area contributed by atoms with Crippen molar-refractivity contribution >= 4 is 11.3 Å². The summed E-state index contributed by atoms with van der Waals surface area (Å²) in [6, 6.07) is 1.42. The second kappa shape index (κ2) is 3.96. The Hall–Kier alpha value is -1.46. The molecule has 0 radical (unpaired) electrons. The van der Waals surface area contributed by atoms with E-state index in [1.165, 1.54) is 6.07 Å². The van der Waals surface area contributed by atoms with Crippen LogP contribution in [-0.4, -0.2) is 9.97 Å². The molecule has 15 heavy (non-hydrogen) atoms. The zero-order chi connectivity index (χ0) is 10.8. The van der Waals surface area contributed by atoms with E-state index in [-0.39, 0.29) is 12.1 Å². The van der Waals surface area contributed by atoms with Gasteiger partial charge in [-0.25, -0.2) is 4.98 Å². The highest BCUT2D eigenvalue weighted by molar-refractivity contribution is 7.08. The molecule has 0 fully saturated rings. The Bertz CT molecular complexity index is 529. The van der Waals surface area contributed by atoms with E-state index in [2.05, 4.69) is 9.97 Å². The molecule has 0 saturated carbocycles. The fourth-order valence-electron chi connectivity index (χ4n) is 1.34. The molecule has 0 aliphatic heterocycles. The number of rotatable bonds is 2. The first kappa shape index (κ1) is 10.1. The van der Waals surface area contributed by atoms with Crippen LogP contribution < -0.4 is 11.3 Å². The van der Waals surface area contributed by atoms with Crippen LogP contribution in [0.25, 0.3) is 11.4 Å². The molecule has 3 N–H and O–H groups in total. The van der Waals surface area contributed by atoms with E-state index in [1.54, 1.807) is 11.3 Å². The van der Waals surface area contributed by atoms with E-state index < -0.39 is 0 Å². The lowest BCUT2D eigenvalue weighted by Crippen LogP contribution is -2.12. The van der Waals surface area contributed by atoms with Gasteiger partial charge in [-0.05, 0) is 17.9 Å². The summed E-state index contributed by atoms with van der Waals surface area (Å²) in [7, 11) is 0. The van der Waals surface area contributed by atoms with Gasteiger partial charge in [-0.3, -0.25) is 4.79 Å². The summed E-state index contributed by atoms with van der Waals surface area (Å²) in [6.07, 6.45) is 0. The van der Waals surface area contributed by atoms with Crippen LogP contribution in [0.1, 0.15) is 11.3 Å². The number of aromatic nitrogens is 2. The van der Waals surface area contributed by atoms with Gasteiger partial charge in [-0.2, -0.15) is 11.3 Å². The number of aryl methyl sites for hydroxylation is 1. The van der Waals surface area contributed by atoms with E-state index in [1.807, 2.05) is 17.7 Å². The lowest BCUT2D eigenvalue weighted by molar-refractivity contribution is 0.956. The predicted molar refractivity (Wildman–Crippen MR) is 60.8 cm³/mol. The lowest BCUT2D eigenvalue weighted by atomic mass is 10.2. The number of nitrogens with one attached hydrogen (secondary N) is 1. The van der Waals surface area contributed by atoms with Crippen LogP contribution >= 0.6 is 11.3 Å². The van der Waals surface area contributed by atoms with Crippen molar-refractivity contribution in [2.75, 3.05) is 0 Å². The maximum Gasteiger partial charge on any atom is 0.251 e. The minimum atomic E-state index is -0.161. The van der Waals surface area contributed by atoms with Crippen LogP contribution in [0.5, 0.6) is 0 Å². The minimum Gasteiger partial charge on any atom is -0.325 e. The van der Waals surface area contributed by atoms with Crippen molar-refractivity contribution in [3.05, 3.63) is 38.4 Å². The second-order valence-corrected chi connectivity index (χ2v) is 4.00. The van der Waals surface area contributed by atoms with Gasteiger partial charge in [0.2, 0.25) is 0 Å². The van der Waals surface area contributed by atoms with Crippen molar-refractivity contribution in [3.8, 4) is 11.4 Å². The molecule has 0 aliphatic rings. The molecule has 0 amide bonds. The van der Waals surface area contributed by atoms with Gasteiger partial charge in [0.15, 0.2) is 0 Å². The summed E-state index contributed by atoms with van der Waals surface area (Å²) < 4.78 is 0. The van der Waals surface area contributed by atoms with Crippen molar-refractivity contribution in [3.63, 3.8) is 0 Å². The van der Waals surface area contributed by atoms with Gasteiger partial charge in [0.05, 0.1) is 5.69 Å². The van der Waals surface area contributed by atoms with Crippen molar-refractivity contribution < 1.29 is 0 Å². The fourth-order valence-corrected chi connectivity index (χ4v) is 2.18. The van der Waals surface area contributed by atoms with E-state index in [0.717, 1.165) is 11.1 Å². The highest BCUT2D eigenvalue weighted by atomic mass is 32.1. The molecular formula is C10H11N3OS. The van der Waals surface area contributed by atoms with Crippen LogP contribution in [0.3, 0.4) is 0 Å². The maximum atomic E-state index is 11.3. The summed E-state index contributed by atoms with van der Waals surface area (Å²) in [6.45, 7) is 2.26. The van der Waals surface area contributed by atoms with Crippen LogP contribution in [0.2, 0.25) is 0 Å². The standard InChI is InChI=1S/C10H11N3OS/c1-6-4-15-5-8(6)10-12-7(3-11)2-9(14)13-10/h2,4-5H,3,11H2,1H3,(H,12,13,14). The predicted octanol–water partition coefficient (Wildman–Crippen LogP) is 1.27. The quantitative estimate of drug-likeness (QED) is 0.802. The molecule has 78 valence electrons. The van der Waals surface area contributed by atoms with Crippen molar-refractivity contribution in [2.24, 2.45) is 5.73 Å². The van der Waals surface area contributed by atoms with Gasteiger partial charge in [0.1, 0.15) is 5.82 Å². The number of hydrogen-bond acceptors (Lipinski definition) is 4. The molecule has 0 aliphatic carbocycles. The molecule has 0 bridgehead atoms. The molecule has 0 unspecified atom stereocenters. The smallest absolute Gasteiger partial charge is 0.251 e. The van der Waals surface area contributed by atoms with Crippen molar-refractivity contribution in [1.29, 1.82) is 0 Å². The van der Waals surface area contributed by atoms with Gasteiger partial charge >= 0.3 is 0 Å². The van der Waals surface area contributed by atoms with Crippen LogP contribution in [0.4, 0.5) is 0 Å². The van der Waals surface area contributed by atoms with Gasteiger partial charge in [0.25, 0.3) is 5.56 Å². The van der Waals surface area contributed by atoms with Crippen molar-refractivity contribution in [2.45, 2.75) is 13.5 Å². The Morgan fingerprint density at radius 2 is 2.33 bits per heavy atom. The third kappa shape index (κ3) is 1.98. The first-order valence-electron chi connectivity index (χ1n) is 4.54. The molecular weight excluding hydrogens is 210 g/mol. The summed E-state index contributed by atoms with van der Waals surface area (Å²) in [5.41, 5.74) is 7.99. The highest BCUT2D eigenvalue weighted by Crippen LogP contribution is 2.22. The lowest BCUT2D eigenvalue weighted by Gasteiger charge is -2.01. The Balaban J connectivity index is 2.58. The van der Waals surface area contributed by atoms with E-state index in [0.29, 0.717) is 11.5 Å². The molecule has 2 aromatic heterocycles. The van der Waals surface area contributed by atoms with Crippen molar-refractivity contribution in [1.82, 2.24) is 9.97 Å². The first-order valence-corrected chi connectivity index (χ1v) is 5.48. The van der Waals surface area contributed by atoms with Crippen LogP contribution in [0, 0.1) is 6.92 Å². The minimum absolute atomic E-state index is 0.161. The molecule has 5 heteroatoms. The number of aromatic amines is 1. The Morgan fingerprint density at radius 1 is 1.53 bits per heavy atom. The zero-order valence-corrected chi connectivity index (χ0v) is 9.10.